The van der Waals surface area contributed by atoms with Gasteiger partial charge in [-0.1, -0.05) is 0 Å². The minimum atomic E-state index is 0.109. The Morgan fingerprint density at radius 2 is 1.76 bits per heavy atom. The summed E-state index contributed by atoms with van der Waals surface area (Å²) in [5.74, 6) is 1.39. The smallest absolute Gasteiger partial charge is 0.163 e. The summed E-state index contributed by atoms with van der Waals surface area (Å²) in [6.45, 7) is 0.840. The summed E-state index contributed by atoms with van der Waals surface area (Å²) in [5, 5.41) is 3.02. The molecule has 94 valence electrons. The number of hydrogen-bond donors (Lipinski definition) is 1. The van der Waals surface area contributed by atoms with Crippen molar-refractivity contribution in [3.05, 3.63) is 23.8 Å². The zero-order valence-electron chi connectivity index (χ0n) is 10.6. The van der Waals surface area contributed by atoms with E-state index in [9.17, 15) is 4.79 Å². The average molecular weight is 237 g/mol. The Bertz CT molecular complexity index is 355. The highest BCUT2D eigenvalue weighted by Crippen LogP contribution is 2.23. The molecule has 0 amide bonds. The Morgan fingerprint density at radius 1 is 1.18 bits per heavy atom. The lowest BCUT2D eigenvalue weighted by Crippen LogP contribution is -2.10. The third-order valence-electron chi connectivity index (χ3n) is 2.50. The van der Waals surface area contributed by atoms with E-state index in [1.165, 1.54) is 0 Å². The second-order valence-electron chi connectivity index (χ2n) is 3.73. The molecule has 0 bridgehead atoms. The van der Waals surface area contributed by atoms with E-state index in [1.54, 1.807) is 32.4 Å². The van der Waals surface area contributed by atoms with Crippen LogP contribution in [0, 0.1) is 0 Å². The van der Waals surface area contributed by atoms with Gasteiger partial charge >= 0.3 is 0 Å². The minimum Gasteiger partial charge on any atom is -0.497 e. The first-order valence-electron chi connectivity index (χ1n) is 5.62. The van der Waals surface area contributed by atoms with Crippen molar-refractivity contribution in [3.8, 4) is 11.5 Å². The summed E-state index contributed by atoms with van der Waals surface area (Å²) < 4.78 is 10.3. The standard InChI is InChI=1S/C13H19NO3/c1-14-6-4-5-13(15)10-7-11(16-2)9-12(8-10)17-3/h7-9,14H,4-6H2,1-3H3. The molecule has 0 saturated carbocycles. The van der Waals surface area contributed by atoms with Crippen molar-refractivity contribution in [2.24, 2.45) is 0 Å². The number of rotatable bonds is 7. The maximum absolute atomic E-state index is 11.9. The molecule has 4 nitrogen and oxygen atoms in total. The molecule has 4 heteroatoms. The number of nitrogens with one attached hydrogen (secondary N) is 1. The van der Waals surface area contributed by atoms with Crippen LogP contribution >= 0.6 is 0 Å². The number of carbonyl (C=O) groups is 1. The van der Waals surface area contributed by atoms with Crippen molar-refractivity contribution in [1.29, 1.82) is 0 Å². The van der Waals surface area contributed by atoms with Crippen molar-refractivity contribution < 1.29 is 14.3 Å². The molecular weight excluding hydrogens is 218 g/mol. The van der Waals surface area contributed by atoms with Gasteiger partial charge in [0.1, 0.15) is 11.5 Å². The molecule has 1 rings (SSSR count). The van der Waals surface area contributed by atoms with Crippen LogP contribution in [0.1, 0.15) is 23.2 Å². The molecule has 0 atom stereocenters. The zero-order valence-corrected chi connectivity index (χ0v) is 10.6. The Labute approximate surface area is 102 Å². The summed E-state index contributed by atoms with van der Waals surface area (Å²) in [6, 6.07) is 5.23. The monoisotopic (exact) mass is 237 g/mol. The molecule has 1 N–H and O–H groups in total. The van der Waals surface area contributed by atoms with E-state index in [0.717, 1.165) is 13.0 Å². The number of Topliss-reactive ketones (excluding diaryl/α,β-unsaturated/α-hetero) is 1. The van der Waals surface area contributed by atoms with E-state index in [0.29, 0.717) is 23.5 Å². The fourth-order valence-electron chi connectivity index (χ4n) is 1.54. The van der Waals surface area contributed by atoms with Gasteiger partial charge in [-0.15, -0.1) is 0 Å². The van der Waals surface area contributed by atoms with E-state index >= 15 is 0 Å². The summed E-state index contributed by atoms with van der Waals surface area (Å²) in [6.07, 6.45) is 1.35. The molecule has 1 aromatic carbocycles. The number of ketones is 1. The van der Waals surface area contributed by atoms with Crippen molar-refractivity contribution in [2.45, 2.75) is 12.8 Å². The van der Waals surface area contributed by atoms with Crippen LogP contribution in [-0.2, 0) is 0 Å². The third-order valence-corrected chi connectivity index (χ3v) is 2.50. The molecule has 1 aromatic rings. The summed E-state index contributed by atoms with van der Waals surface area (Å²) in [5.41, 5.74) is 0.636. The van der Waals surface area contributed by atoms with Crippen molar-refractivity contribution in [1.82, 2.24) is 5.32 Å². The Kier molecular flexibility index (Phi) is 5.49. The maximum Gasteiger partial charge on any atom is 0.163 e. The predicted molar refractivity (Wildman–Crippen MR) is 67.0 cm³/mol. The number of carbonyl (C=O) groups excluding carboxylic acids is 1. The second kappa shape index (κ2) is 6.91. The highest BCUT2D eigenvalue weighted by atomic mass is 16.5. The van der Waals surface area contributed by atoms with Crippen LogP contribution in [0.25, 0.3) is 0 Å². The summed E-state index contributed by atoms with van der Waals surface area (Å²) in [4.78, 5) is 11.9. The molecular formula is C13H19NO3. The minimum absolute atomic E-state index is 0.109. The third kappa shape index (κ3) is 4.07. The van der Waals surface area contributed by atoms with Crippen LogP contribution in [0.5, 0.6) is 11.5 Å². The lowest BCUT2D eigenvalue weighted by atomic mass is 10.1. The lowest BCUT2D eigenvalue weighted by Gasteiger charge is -2.07. The van der Waals surface area contributed by atoms with Crippen molar-refractivity contribution in [2.75, 3.05) is 27.8 Å². The van der Waals surface area contributed by atoms with Gasteiger partial charge in [-0.25, -0.2) is 0 Å². The molecule has 17 heavy (non-hydrogen) atoms. The number of ether oxygens (including phenoxy) is 2. The highest BCUT2D eigenvalue weighted by Gasteiger charge is 2.09. The largest absolute Gasteiger partial charge is 0.497 e. The molecule has 0 aliphatic heterocycles. The number of methoxy groups -OCH3 is 2. The topological polar surface area (TPSA) is 47.6 Å². The van der Waals surface area contributed by atoms with Gasteiger partial charge in [-0.05, 0) is 32.1 Å². The van der Waals surface area contributed by atoms with Crippen LogP contribution < -0.4 is 14.8 Å². The van der Waals surface area contributed by atoms with Crippen LogP contribution in [0.3, 0.4) is 0 Å². The van der Waals surface area contributed by atoms with Gasteiger partial charge in [0.2, 0.25) is 0 Å². The molecule has 0 unspecified atom stereocenters. The van der Waals surface area contributed by atoms with Crippen LogP contribution in [0.2, 0.25) is 0 Å². The first-order valence-corrected chi connectivity index (χ1v) is 5.62. The van der Waals surface area contributed by atoms with Crippen molar-refractivity contribution >= 4 is 5.78 Å². The first-order chi connectivity index (χ1) is 8.21. The van der Waals surface area contributed by atoms with Crippen LogP contribution in [-0.4, -0.2) is 33.6 Å². The van der Waals surface area contributed by atoms with Gasteiger partial charge in [-0.3, -0.25) is 4.79 Å². The Balaban J connectivity index is 2.77. The quantitative estimate of drug-likeness (QED) is 0.581. The van der Waals surface area contributed by atoms with E-state index < -0.39 is 0 Å². The molecule has 0 aliphatic rings. The lowest BCUT2D eigenvalue weighted by molar-refractivity contribution is 0.0979. The van der Waals surface area contributed by atoms with Crippen LogP contribution in [0.4, 0.5) is 0 Å². The number of benzene rings is 1. The average Bonchev–Trinajstić information content (AvgIpc) is 2.38. The Morgan fingerprint density at radius 3 is 2.24 bits per heavy atom. The van der Waals surface area contributed by atoms with Gasteiger partial charge in [0.15, 0.2) is 5.78 Å². The van der Waals surface area contributed by atoms with E-state index in [1.807, 2.05) is 7.05 Å². The summed E-state index contributed by atoms with van der Waals surface area (Å²) in [7, 11) is 5.02. The molecule has 0 fully saturated rings. The fraction of sp³-hybridized carbons (Fsp3) is 0.462. The second-order valence-corrected chi connectivity index (χ2v) is 3.73. The van der Waals surface area contributed by atoms with Gasteiger partial charge in [-0.2, -0.15) is 0 Å². The SMILES string of the molecule is CNCCCC(=O)c1cc(OC)cc(OC)c1. The normalized spacial score (nSPS) is 10.1. The molecule has 0 spiro atoms. The first kappa shape index (κ1) is 13.5. The van der Waals surface area contributed by atoms with Gasteiger partial charge in [0, 0.05) is 18.1 Å². The van der Waals surface area contributed by atoms with Gasteiger partial charge in [0.25, 0.3) is 0 Å². The van der Waals surface area contributed by atoms with E-state index in [2.05, 4.69) is 5.32 Å². The summed E-state index contributed by atoms with van der Waals surface area (Å²) >= 11 is 0. The van der Waals surface area contributed by atoms with E-state index in [-0.39, 0.29) is 5.78 Å². The maximum atomic E-state index is 11.9. The number of hydrogen-bond acceptors (Lipinski definition) is 4. The molecule has 0 aliphatic carbocycles. The van der Waals surface area contributed by atoms with E-state index in [4.69, 9.17) is 9.47 Å². The van der Waals surface area contributed by atoms with Crippen LogP contribution in [0.15, 0.2) is 18.2 Å². The molecule has 0 saturated heterocycles. The highest BCUT2D eigenvalue weighted by molar-refractivity contribution is 5.96. The molecule has 0 heterocycles. The molecule has 0 aromatic heterocycles. The fourth-order valence-corrected chi connectivity index (χ4v) is 1.54. The zero-order chi connectivity index (χ0) is 12.7. The predicted octanol–water partition coefficient (Wildman–Crippen LogP) is 1.89. The van der Waals surface area contributed by atoms with Gasteiger partial charge in [0.05, 0.1) is 14.2 Å². The molecule has 0 radical (unpaired) electrons. The Hall–Kier alpha value is -1.55. The van der Waals surface area contributed by atoms with Crippen molar-refractivity contribution in [3.63, 3.8) is 0 Å². The van der Waals surface area contributed by atoms with Gasteiger partial charge < -0.3 is 14.8 Å².